The first kappa shape index (κ1) is 11.5. The lowest BCUT2D eigenvalue weighted by Gasteiger charge is -2.10. The maximum absolute atomic E-state index is 4.77. The van der Waals surface area contributed by atoms with E-state index in [1.807, 2.05) is 18.5 Å². The van der Waals surface area contributed by atoms with Crippen LogP contribution in [0.3, 0.4) is 0 Å². The van der Waals surface area contributed by atoms with Crippen molar-refractivity contribution in [2.75, 3.05) is 0 Å². The van der Waals surface area contributed by atoms with E-state index in [9.17, 15) is 0 Å². The van der Waals surface area contributed by atoms with Crippen LogP contribution in [0.2, 0.25) is 0 Å². The lowest BCUT2D eigenvalue weighted by atomic mass is 10.0. The Morgan fingerprint density at radius 1 is 1.20 bits per heavy atom. The molecule has 0 aromatic carbocycles. The Morgan fingerprint density at radius 3 is 3.05 bits per heavy atom. The number of aromatic amines is 1. The third kappa shape index (κ3) is 1.63. The molecular formula is C15H15N5. The lowest BCUT2D eigenvalue weighted by Crippen LogP contribution is -2.02. The lowest BCUT2D eigenvalue weighted by molar-refractivity contribution is 0.756. The largest absolute Gasteiger partial charge is 0.346 e. The van der Waals surface area contributed by atoms with Gasteiger partial charge in [-0.3, -0.25) is 0 Å². The SMILES string of the molecule is CCc1nc2c(c(-c3ccnc4[nH]ccc34)n1)CNC2. The smallest absolute Gasteiger partial charge is 0.137 e. The van der Waals surface area contributed by atoms with E-state index < -0.39 is 0 Å². The highest BCUT2D eigenvalue weighted by atomic mass is 15.0. The van der Waals surface area contributed by atoms with Gasteiger partial charge >= 0.3 is 0 Å². The van der Waals surface area contributed by atoms with Crippen molar-refractivity contribution in [3.05, 3.63) is 41.6 Å². The molecule has 4 rings (SSSR count). The Labute approximate surface area is 116 Å². The molecule has 2 N–H and O–H groups in total. The van der Waals surface area contributed by atoms with Crippen LogP contribution in [0.15, 0.2) is 24.5 Å². The van der Waals surface area contributed by atoms with Gasteiger partial charge in [-0.05, 0) is 12.1 Å². The van der Waals surface area contributed by atoms with Crippen LogP contribution in [0.1, 0.15) is 24.0 Å². The molecule has 0 unspecified atom stereocenters. The summed E-state index contributed by atoms with van der Waals surface area (Å²) in [6, 6.07) is 4.09. The van der Waals surface area contributed by atoms with Crippen LogP contribution in [0.25, 0.3) is 22.3 Å². The Bertz CT molecular complexity index is 790. The maximum atomic E-state index is 4.77. The number of pyridine rings is 1. The molecule has 20 heavy (non-hydrogen) atoms. The van der Waals surface area contributed by atoms with Crippen LogP contribution in [-0.2, 0) is 19.5 Å². The number of hydrogen-bond donors (Lipinski definition) is 2. The molecule has 0 fully saturated rings. The van der Waals surface area contributed by atoms with Crippen LogP contribution in [-0.4, -0.2) is 19.9 Å². The van der Waals surface area contributed by atoms with Crippen molar-refractivity contribution in [2.24, 2.45) is 0 Å². The molecule has 3 aromatic rings. The highest BCUT2D eigenvalue weighted by molar-refractivity contribution is 5.92. The first-order chi connectivity index (χ1) is 9.86. The molecule has 0 saturated heterocycles. The van der Waals surface area contributed by atoms with E-state index in [0.29, 0.717) is 0 Å². The topological polar surface area (TPSA) is 66.5 Å². The van der Waals surface area contributed by atoms with Gasteiger partial charge in [-0.25, -0.2) is 15.0 Å². The number of aryl methyl sites for hydroxylation is 1. The summed E-state index contributed by atoms with van der Waals surface area (Å²) in [5, 5.41) is 4.48. The summed E-state index contributed by atoms with van der Waals surface area (Å²) in [6.45, 7) is 3.76. The minimum Gasteiger partial charge on any atom is -0.346 e. The fraction of sp³-hybridized carbons (Fsp3) is 0.267. The van der Waals surface area contributed by atoms with Crippen molar-refractivity contribution in [3.8, 4) is 11.3 Å². The average molecular weight is 265 g/mol. The fourth-order valence-electron chi connectivity index (χ4n) is 2.77. The highest BCUT2D eigenvalue weighted by Crippen LogP contribution is 2.31. The summed E-state index contributed by atoms with van der Waals surface area (Å²) >= 11 is 0. The van der Waals surface area contributed by atoms with Crippen molar-refractivity contribution in [1.29, 1.82) is 0 Å². The molecule has 0 amide bonds. The summed E-state index contributed by atoms with van der Waals surface area (Å²) in [7, 11) is 0. The van der Waals surface area contributed by atoms with E-state index in [4.69, 9.17) is 4.98 Å². The van der Waals surface area contributed by atoms with E-state index in [1.54, 1.807) is 0 Å². The normalized spacial score (nSPS) is 13.8. The first-order valence-corrected chi connectivity index (χ1v) is 6.88. The van der Waals surface area contributed by atoms with Gasteiger partial charge in [0.1, 0.15) is 11.5 Å². The van der Waals surface area contributed by atoms with Gasteiger partial charge in [0.2, 0.25) is 0 Å². The molecule has 5 heteroatoms. The number of rotatable bonds is 2. The molecule has 0 atom stereocenters. The van der Waals surface area contributed by atoms with E-state index in [-0.39, 0.29) is 0 Å². The third-order valence-corrected chi connectivity index (χ3v) is 3.76. The van der Waals surface area contributed by atoms with Gasteiger partial charge < -0.3 is 10.3 Å². The third-order valence-electron chi connectivity index (χ3n) is 3.76. The second-order valence-corrected chi connectivity index (χ2v) is 4.97. The van der Waals surface area contributed by atoms with Crippen LogP contribution in [0.4, 0.5) is 0 Å². The predicted octanol–water partition coefficient (Wildman–Crippen LogP) is 2.19. The van der Waals surface area contributed by atoms with Gasteiger partial charge in [0, 0.05) is 48.4 Å². The van der Waals surface area contributed by atoms with Crippen molar-refractivity contribution >= 4 is 11.0 Å². The summed E-state index contributed by atoms with van der Waals surface area (Å²) in [5.74, 6) is 0.906. The van der Waals surface area contributed by atoms with Crippen molar-refractivity contribution in [3.63, 3.8) is 0 Å². The van der Waals surface area contributed by atoms with Gasteiger partial charge in [0.15, 0.2) is 0 Å². The van der Waals surface area contributed by atoms with Gasteiger partial charge in [-0.1, -0.05) is 6.92 Å². The van der Waals surface area contributed by atoms with Gasteiger partial charge in [-0.15, -0.1) is 0 Å². The number of nitrogens with zero attached hydrogens (tertiary/aromatic N) is 3. The molecule has 1 aliphatic rings. The zero-order valence-electron chi connectivity index (χ0n) is 11.3. The molecular weight excluding hydrogens is 250 g/mol. The fourth-order valence-corrected chi connectivity index (χ4v) is 2.77. The molecule has 3 aromatic heterocycles. The molecule has 5 nitrogen and oxygen atoms in total. The van der Waals surface area contributed by atoms with Crippen LogP contribution >= 0.6 is 0 Å². The number of nitrogens with one attached hydrogen (secondary N) is 2. The molecule has 100 valence electrons. The minimum absolute atomic E-state index is 0.833. The van der Waals surface area contributed by atoms with Gasteiger partial charge in [0.05, 0.1) is 11.4 Å². The van der Waals surface area contributed by atoms with E-state index in [2.05, 4.69) is 33.3 Å². The van der Waals surface area contributed by atoms with Crippen molar-refractivity contribution in [1.82, 2.24) is 25.3 Å². The number of aromatic nitrogens is 4. The molecule has 0 aliphatic carbocycles. The number of fused-ring (bicyclic) bond motifs is 2. The second kappa shape index (κ2) is 4.38. The number of H-pyrrole nitrogens is 1. The van der Waals surface area contributed by atoms with Crippen molar-refractivity contribution < 1.29 is 0 Å². The molecule has 1 aliphatic heterocycles. The maximum Gasteiger partial charge on any atom is 0.137 e. The van der Waals surface area contributed by atoms with Gasteiger partial charge in [0.25, 0.3) is 0 Å². The van der Waals surface area contributed by atoms with Crippen LogP contribution < -0.4 is 5.32 Å². The summed E-state index contributed by atoms with van der Waals surface area (Å²) in [4.78, 5) is 16.9. The van der Waals surface area contributed by atoms with Crippen LogP contribution in [0, 0.1) is 0 Å². The Morgan fingerprint density at radius 2 is 2.15 bits per heavy atom. The summed E-state index contributed by atoms with van der Waals surface area (Å²) in [6.07, 6.45) is 4.60. The van der Waals surface area contributed by atoms with E-state index in [0.717, 1.165) is 53.3 Å². The monoisotopic (exact) mass is 265 g/mol. The van der Waals surface area contributed by atoms with E-state index >= 15 is 0 Å². The Balaban J connectivity index is 2.02. The second-order valence-electron chi connectivity index (χ2n) is 4.97. The molecule has 0 radical (unpaired) electrons. The molecule has 0 bridgehead atoms. The summed E-state index contributed by atoms with van der Waals surface area (Å²) < 4.78 is 0. The molecule has 0 spiro atoms. The Kier molecular flexibility index (Phi) is 2.53. The van der Waals surface area contributed by atoms with E-state index in [1.165, 1.54) is 5.56 Å². The highest BCUT2D eigenvalue weighted by Gasteiger charge is 2.20. The predicted molar refractivity (Wildman–Crippen MR) is 77.0 cm³/mol. The average Bonchev–Trinajstić information content (AvgIpc) is 3.14. The number of hydrogen-bond acceptors (Lipinski definition) is 4. The molecule has 4 heterocycles. The first-order valence-electron chi connectivity index (χ1n) is 6.88. The minimum atomic E-state index is 0.833. The summed E-state index contributed by atoms with van der Waals surface area (Å²) in [5.41, 5.74) is 5.43. The van der Waals surface area contributed by atoms with Crippen LogP contribution in [0.5, 0.6) is 0 Å². The van der Waals surface area contributed by atoms with Crippen molar-refractivity contribution in [2.45, 2.75) is 26.4 Å². The zero-order valence-corrected chi connectivity index (χ0v) is 11.3. The Hall–Kier alpha value is -2.27. The molecule has 0 saturated carbocycles. The van der Waals surface area contributed by atoms with Gasteiger partial charge in [-0.2, -0.15) is 0 Å². The quantitative estimate of drug-likeness (QED) is 0.745. The standard InChI is InChI=1S/C15H15N5/c1-2-13-19-12-8-16-7-11(12)14(20-13)9-3-5-17-15-10(9)4-6-18-15/h3-6,16H,2,7-8H2,1H3,(H,17,18). The zero-order chi connectivity index (χ0) is 13.5.